The summed E-state index contributed by atoms with van der Waals surface area (Å²) in [5, 5.41) is 7.96. The van der Waals surface area contributed by atoms with Gasteiger partial charge in [-0.1, -0.05) is 0 Å². The second kappa shape index (κ2) is 6.60. The zero-order valence-corrected chi connectivity index (χ0v) is 12.5. The summed E-state index contributed by atoms with van der Waals surface area (Å²) in [5.41, 5.74) is -0.292. The number of nitrogens with zero attached hydrogens (tertiary/aromatic N) is 2. The van der Waals surface area contributed by atoms with E-state index in [1.54, 1.807) is 12.4 Å². The highest BCUT2D eigenvalue weighted by Crippen LogP contribution is 2.27. The van der Waals surface area contributed by atoms with Crippen molar-refractivity contribution in [3.8, 4) is 0 Å². The molecule has 0 aliphatic carbocycles. The van der Waals surface area contributed by atoms with Crippen molar-refractivity contribution < 1.29 is 22.7 Å². The Kier molecular flexibility index (Phi) is 4.52. The Morgan fingerprint density at radius 2 is 2.08 bits per heavy atom. The van der Waals surface area contributed by atoms with Crippen LogP contribution in [0.5, 0.6) is 0 Å². The van der Waals surface area contributed by atoms with Crippen molar-refractivity contribution in [1.82, 2.24) is 20.5 Å². The van der Waals surface area contributed by atoms with Crippen LogP contribution >= 0.6 is 0 Å². The van der Waals surface area contributed by atoms with Gasteiger partial charge < -0.3 is 10.1 Å². The number of hydrogen-bond acceptors (Lipinski definition) is 4. The van der Waals surface area contributed by atoms with Crippen LogP contribution in [0.4, 0.5) is 13.2 Å². The number of H-pyrrole nitrogens is 1. The average Bonchev–Trinajstić information content (AvgIpc) is 3.18. The van der Waals surface area contributed by atoms with Gasteiger partial charge in [0.1, 0.15) is 5.69 Å². The van der Waals surface area contributed by atoms with Crippen LogP contribution in [-0.4, -0.2) is 40.3 Å². The van der Waals surface area contributed by atoms with Crippen molar-refractivity contribution in [2.45, 2.75) is 18.6 Å². The molecule has 0 spiro atoms. The van der Waals surface area contributed by atoms with Crippen LogP contribution in [0, 0.1) is 5.92 Å². The molecule has 24 heavy (non-hydrogen) atoms. The van der Waals surface area contributed by atoms with E-state index < -0.39 is 17.8 Å². The number of hydrogen-bond donors (Lipinski definition) is 2. The van der Waals surface area contributed by atoms with Gasteiger partial charge in [0.15, 0.2) is 5.69 Å². The summed E-state index contributed by atoms with van der Waals surface area (Å²) in [6.45, 7) is 0.791. The molecule has 0 saturated carbocycles. The Labute approximate surface area is 135 Å². The maximum absolute atomic E-state index is 12.5. The zero-order valence-electron chi connectivity index (χ0n) is 12.5. The lowest BCUT2D eigenvalue weighted by Crippen LogP contribution is -2.40. The van der Waals surface area contributed by atoms with Crippen LogP contribution in [0.2, 0.25) is 0 Å². The SMILES string of the molecule is O=C(N[C@H]1COC[C@H]1Cc1ccncc1)c1cc(C(F)(F)F)[nH]n1. The fourth-order valence-corrected chi connectivity index (χ4v) is 2.61. The highest BCUT2D eigenvalue weighted by molar-refractivity contribution is 5.92. The number of ether oxygens (including phenoxy) is 1. The van der Waals surface area contributed by atoms with Crippen molar-refractivity contribution in [2.24, 2.45) is 5.92 Å². The molecule has 3 heterocycles. The number of amides is 1. The van der Waals surface area contributed by atoms with Crippen LogP contribution in [0.3, 0.4) is 0 Å². The van der Waals surface area contributed by atoms with E-state index in [4.69, 9.17) is 4.74 Å². The van der Waals surface area contributed by atoms with Crippen LogP contribution in [0.15, 0.2) is 30.6 Å². The van der Waals surface area contributed by atoms with Gasteiger partial charge in [0.05, 0.1) is 19.3 Å². The fraction of sp³-hybridized carbons (Fsp3) is 0.400. The van der Waals surface area contributed by atoms with Crippen LogP contribution in [0.1, 0.15) is 21.7 Å². The highest BCUT2D eigenvalue weighted by Gasteiger charge is 2.35. The molecule has 0 bridgehead atoms. The van der Waals surface area contributed by atoms with Gasteiger partial charge in [-0.3, -0.25) is 14.9 Å². The average molecular weight is 340 g/mol. The van der Waals surface area contributed by atoms with Gasteiger partial charge in [0.2, 0.25) is 0 Å². The van der Waals surface area contributed by atoms with E-state index in [9.17, 15) is 18.0 Å². The highest BCUT2D eigenvalue weighted by atomic mass is 19.4. The molecule has 1 fully saturated rings. The third kappa shape index (κ3) is 3.73. The van der Waals surface area contributed by atoms with Crippen molar-refractivity contribution in [1.29, 1.82) is 0 Å². The van der Waals surface area contributed by atoms with Crippen molar-refractivity contribution in [2.75, 3.05) is 13.2 Å². The number of aromatic amines is 1. The summed E-state index contributed by atoms with van der Waals surface area (Å²) in [6, 6.07) is 4.17. The first-order chi connectivity index (χ1) is 11.4. The number of nitrogens with one attached hydrogen (secondary N) is 2. The summed E-state index contributed by atoms with van der Waals surface area (Å²) in [6.07, 6.45) is -0.518. The van der Waals surface area contributed by atoms with Gasteiger partial charge in [0, 0.05) is 24.4 Å². The Bertz CT molecular complexity index is 702. The Hall–Kier alpha value is -2.42. The normalized spacial score (nSPS) is 21.0. The number of carbonyl (C=O) groups excluding carboxylic acids is 1. The smallest absolute Gasteiger partial charge is 0.379 e. The molecule has 2 N–H and O–H groups in total. The lowest BCUT2D eigenvalue weighted by Gasteiger charge is -2.18. The maximum Gasteiger partial charge on any atom is 0.432 e. The molecule has 1 aliphatic rings. The molecule has 9 heteroatoms. The molecule has 1 aliphatic heterocycles. The Balaban J connectivity index is 1.64. The largest absolute Gasteiger partial charge is 0.432 e. The van der Waals surface area contributed by atoms with Gasteiger partial charge in [-0.05, 0) is 24.1 Å². The molecule has 0 radical (unpaired) electrons. The zero-order chi connectivity index (χ0) is 17.2. The quantitative estimate of drug-likeness (QED) is 0.890. The number of carbonyl (C=O) groups is 1. The third-order valence-corrected chi connectivity index (χ3v) is 3.88. The van der Waals surface area contributed by atoms with Crippen LogP contribution in [0.25, 0.3) is 0 Å². The van der Waals surface area contributed by atoms with E-state index in [1.165, 1.54) is 0 Å². The number of halogens is 3. The summed E-state index contributed by atoms with van der Waals surface area (Å²) < 4.78 is 43.0. The van der Waals surface area contributed by atoms with E-state index in [-0.39, 0.29) is 17.7 Å². The molecule has 6 nitrogen and oxygen atoms in total. The lowest BCUT2D eigenvalue weighted by molar-refractivity contribution is -0.141. The molecule has 2 atom stereocenters. The van der Waals surface area contributed by atoms with Crippen molar-refractivity contribution in [3.05, 3.63) is 47.5 Å². The molecular formula is C15H15F3N4O2. The first-order valence-electron chi connectivity index (χ1n) is 7.33. The van der Waals surface area contributed by atoms with Crippen molar-refractivity contribution >= 4 is 5.91 Å². The second-order valence-electron chi connectivity index (χ2n) is 5.60. The van der Waals surface area contributed by atoms with Gasteiger partial charge in [-0.15, -0.1) is 0 Å². The minimum atomic E-state index is -4.56. The summed E-state index contributed by atoms with van der Waals surface area (Å²) in [5.74, 6) is -0.616. The summed E-state index contributed by atoms with van der Waals surface area (Å²) >= 11 is 0. The molecular weight excluding hydrogens is 325 g/mol. The topological polar surface area (TPSA) is 79.9 Å². The number of rotatable bonds is 4. The number of pyridine rings is 1. The van der Waals surface area contributed by atoms with E-state index in [1.807, 2.05) is 17.2 Å². The van der Waals surface area contributed by atoms with E-state index in [0.29, 0.717) is 25.7 Å². The van der Waals surface area contributed by atoms with Gasteiger partial charge in [-0.25, -0.2) is 0 Å². The molecule has 1 saturated heterocycles. The Morgan fingerprint density at radius 1 is 1.33 bits per heavy atom. The molecule has 0 aromatic carbocycles. The second-order valence-corrected chi connectivity index (χ2v) is 5.60. The molecule has 0 unspecified atom stereocenters. The standard InChI is InChI=1S/C15H15F3N4O2/c16-15(17,18)13-6-11(21-22-13)14(23)20-12-8-24-7-10(12)5-9-1-3-19-4-2-9/h1-4,6,10,12H,5,7-8H2,(H,20,23)(H,21,22)/t10-,12+/m1/s1. The monoisotopic (exact) mass is 340 g/mol. The summed E-state index contributed by atoms with van der Waals surface area (Å²) in [7, 11) is 0. The first kappa shape index (κ1) is 16.4. The first-order valence-corrected chi connectivity index (χ1v) is 7.33. The number of aromatic nitrogens is 3. The molecule has 128 valence electrons. The minimum absolute atomic E-state index is 0.0392. The predicted molar refractivity (Wildman–Crippen MR) is 77.1 cm³/mol. The third-order valence-electron chi connectivity index (χ3n) is 3.88. The van der Waals surface area contributed by atoms with Gasteiger partial charge in [-0.2, -0.15) is 18.3 Å². The van der Waals surface area contributed by atoms with Crippen LogP contribution in [-0.2, 0) is 17.3 Å². The van der Waals surface area contributed by atoms with E-state index in [2.05, 4.69) is 15.4 Å². The van der Waals surface area contributed by atoms with E-state index >= 15 is 0 Å². The van der Waals surface area contributed by atoms with Crippen LogP contribution < -0.4 is 5.32 Å². The van der Waals surface area contributed by atoms with Gasteiger partial charge in [0.25, 0.3) is 5.91 Å². The maximum atomic E-state index is 12.5. The Morgan fingerprint density at radius 3 is 2.75 bits per heavy atom. The molecule has 2 aromatic heterocycles. The predicted octanol–water partition coefficient (Wildman–Crippen LogP) is 1.81. The van der Waals surface area contributed by atoms with Gasteiger partial charge >= 0.3 is 6.18 Å². The van der Waals surface area contributed by atoms with E-state index in [0.717, 1.165) is 5.56 Å². The lowest BCUT2D eigenvalue weighted by atomic mass is 9.95. The van der Waals surface area contributed by atoms with Crippen molar-refractivity contribution in [3.63, 3.8) is 0 Å². The fourth-order valence-electron chi connectivity index (χ4n) is 2.61. The minimum Gasteiger partial charge on any atom is -0.379 e. The molecule has 1 amide bonds. The molecule has 3 rings (SSSR count). The summed E-state index contributed by atoms with van der Waals surface area (Å²) in [4.78, 5) is 16.1. The molecule has 2 aromatic rings. The number of alkyl halides is 3.